The lowest BCUT2D eigenvalue weighted by Gasteiger charge is -2.34. The molecule has 2 heterocycles. The quantitative estimate of drug-likeness (QED) is 0.451. The Balaban J connectivity index is 1.63. The summed E-state index contributed by atoms with van der Waals surface area (Å²) in [7, 11) is 1.59. The van der Waals surface area contributed by atoms with Gasteiger partial charge in [-0.3, -0.25) is 14.6 Å². The zero-order chi connectivity index (χ0) is 27.7. The molecule has 1 saturated heterocycles. The predicted octanol–water partition coefficient (Wildman–Crippen LogP) is 2.24. The van der Waals surface area contributed by atoms with Crippen molar-refractivity contribution in [3.8, 4) is 5.75 Å². The average Bonchev–Trinajstić information content (AvgIpc) is 2.91. The summed E-state index contributed by atoms with van der Waals surface area (Å²) in [5.41, 5.74) is 6.96. The molecule has 206 valence electrons. The second-order valence-electron chi connectivity index (χ2n) is 10.3. The Morgan fingerprint density at radius 3 is 2.29 bits per heavy atom. The molecule has 1 aromatic heterocycles. The van der Waals surface area contributed by atoms with Gasteiger partial charge in [-0.15, -0.1) is 0 Å². The van der Waals surface area contributed by atoms with Gasteiger partial charge in [-0.25, -0.2) is 4.79 Å². The standard InChI is InChI=1S/C28H38N4O6/c1-28(2,3)38-25(33)18-37-22-11-13-32(14-12-22)27(35)24(15-19-5-8-21(36-4)9-6-19)31-26(34)23-10-7-20(16-29)17-30-23/h5-10,17,22,24H,11-16,18,29H2,1-4H3,(H,31,34)/t24-/m0/s1. The molecule has 10 nitrogen and oxygen atoms in total. The van der Waals surface area contributed by atoms with Crippen LogP contribution in [0.2, 0.25) is 0 Å². The molecule has 1 atom stereocenters. The maximum Gasteiger partial charge on any atom is 0.332 e. The number of ether oxygens (including phenoxy) is 3. The van der Waals surface area contributed by atoms with Crippen LogP contribution in [-0.2, 0) is 32.0 Å². The molecule has 1 fully saturated rings. The largest absolute Gasteiger partial charge is 0.497 e. The van der Waals surface area contributed by atoms with Crippen LogP contribution in [0.1, 0.15) is 55.2 Å². The Labute approximate surface area is 223 Å². The number of carbonyl (C=O) groups excluding carboxylic acids is 3. The van der Waals surface area contributed by atoms with Gasteiger partial charge in [-0.05, 0) is 62.9 Å². The number of amides is 2. The third-order valence-electron chi connectivity index (χ3n) is 6.11. The second kappa shape index (κ2) is 13.3. The van der Waals surface area contributed by atoms with Crippen LogP contribution in [-0.4, -0.2) is 72.2 Å². The Hall–Kier alpha value is -3.50. The first-order valence-corrected chi connectivity index (χ1v) is 12.8. The number of likely N-dealkylation sites (tertiary alicyclic amines) is 1. The van der Waals surface area contributed by atoms with E-state index < -0.39 is 23.5 Å². The van der Waals surface area contributed by atoms with Crippen LogP contribution in [0.5, 0.6) is 5.75 Å². The molecule has 0 unspecified atom stereocenters. The highest BCUT2D eigenvalue weighted by atomic mass is 16.6. The van der Waals surface area contributed by atoms with Crippen molar-refractivity contribution in [3.63, 3.8) is 0 Å². The van der Waals surface area contributed by atoms with Crippen molar-refractivity contribution in [2.45, 2.75) is 64.3 Å². The number of hydrogen-bond acceptors (Lipinski definition) is 8. The zero-order valence-electron chi connectivity index (χ0n) is 22.6. The van der Waals surface area contributed by atoms with Crippen LogP contribution in [0.4, 0.5) is 0 Å². The van der Waals surface area contributed by atoms with Crippen LogP contribution in [0.15, 0.2) is 42.6 Å². The fourth-order valence-electron chi connectivity index (χ4n) is 4.13. The smallest absolute Gasteiger partial charge is 0.332 e. The van der Waals surface area contributed by atoms with Crippen molar-refractivity contribution in [1.29, 1.82) is 0 Å². The Kier molecular flexibility index (Phi) is 10.2. The summed E-state index contributed by atoms with van der Waals surface area (Å²) in [6, 6.07) is 9.93. The van der Waals surface area contributed by atoms with Gasteiger partial charge in [0.15, 0.2) is 0 Å². The fourth-order valence-corrected chi connectivity index (χ4v) is 4.13. The van der Waals surface area contributed by atoms with Crippen molar-refractivity contribution in [2.75, 3.05) is 26.8 Å². The Bertz CT molecular complexity index is 1070. The monoisotopic (exact) mass is 526 g/mol. The third-order valence-corrected chi connectivity index (χ3v) is 6.11. The van der Waals surface area contributed by atoms with Crippen molar-refractivity contribution in [2.24, 2.45) is 5.73 Å². The van der Waals surface area contributed by atoms with Gasteiger partial charge in [0.25, 0.3) is 5.91 Å². The number of pyridine rings is 1. The number of nitrogens with two attached hydrogens (primary N) is 1. The van der Waals surface area contributed by atoms with Crippen LogP contribution in [0.25, 0.3) is 0 Å². The van der Waals surface area contributed by atoms with Gasteiger partial charge < -0.3 is 30.2 Å². The molecular formula is C28H38N4O6. The van der Waals surface area contributed by atoms with Gasteiger partial charge in [0.2, 0.25) is 5.91 Å². The number of benzene rings is 1. The number of esters is 1. The van der Waals surface area contributed by atoms with Gasteiger partial charge in [0, 0.05) is 32.3 Å². The van der Waals surface area contributed by atoms with Crippen LogP contribution < -0.4 is 15.8 Å². The van der Waals surface area contributed by atoms with Crippen molar-refractivity contribution < 1.29 is 28.6 Å². The zero-order valence-corrected chi connectivity index (χ0v) is 22.6. The highest BCUT2D eigenvalue weighted by Gasteiger charge is 2.31. The number of aromatic nitrogens is 1. The molecular weight excluding hydrogens is 488 g/mol. The molecule has 1 aliphatic heterocycles. The molecule has 10 heteroatoms. The molecule has 0 bridgehead atoms. The lowest BCUT2D eigenvalue weighted by molar-refractivity contribution is -0.163. The van der Waals surface area contributed by atoms with Gasteiger partial charge in [-0.2, -0.15) is 0 Å². The highest BCUT2D eigenvalue weighted by Crippen LogP contribution is 2.18. The molecule has 0 aliphatic carbocycles. The number of carbonyl (C=O) groups is 3. The maximum absolute atomic E-state index is 13.6. The molecule has 2 amide bonds. The molecule has 0 saturated carbocycles. The van der Waals surface area contributed by atoms with E-state index in [0.29, 0.717) is 44.6 Å². The van der Waals surface area contributed by atoms with E-state index in [4.69, 9.17) is 19.9 Å². The van der Waals surface area contributed by atoms with Gasteiger partial charge >= 0.3 is 5.97 Å². The summed E-state index contributed by atoms with van der Waals surface area (Å²) in [6.45, 7) is 6.53. The molecule has 3 N–H and O–H groups in total. The summed E-state index contributed by atoms with van der Waals surface area (Å²) < 4.78 is 16.2. The van der Waals surface area contributed by atoms with Crippen molar-refractivity contribution in [1.82, 2.24) is 15.2 Å². The van der Waals surface area contributed by atoms with E-state index in [1.165, 1.54) is 0 Å². The van der Waals surface area contributed by atoms with E-state index in [1.807, 2.05) is 24.3 Å². The number of rotatable bonds is 10. The van der Waals surface area contributed by atoms with E-state index >= 15 is 0 Å². The number of nitrogens with zero attached hydrogens (tertiary/aromatic N) is 2. The average molecular weight is 527 g/mol. The van der Waals surface area contributed by atoms with E-state index in [2.05, 4.69) is 10.3 Å². The SMILES string of the molecule is COc1ccc(C[C@H](NC(=O)c2ccc(CN)cn2)C(=O)N2CCC(OCC(=O)OC(C)(C)C)CC2)cc1. The molecule has 0 radical (unpaired) electrons. The lowest BCUT2D eigenvalue weighted by atomic mass is 10.0. The normalized spacial score (nSPS) is 15.0. The third kappa shape index (κ3) is 8.81. The number of nitrogens with one attached hydrogen (secondary N) is 1. The lowest BCUT2D eigenvalue weighted by Crippen LogP contribution is -2.52. The Morgan fingerprint density at radius 2 is 1.74 bits per heavy atom. The first-order valence-electron chi connectivity index (χ1n) is 12.8. The molecule has 3 rings (SSSR count). The molecule has 2 aromatic rings. The van der Waals surface area contributed by atoms with Crippen LogP contribution in [0.3, 0.4) is 0 Å². The fraction of sp³-hybridized carbons (Fsp3) is 0.500. The predicted molar refractivity (Wildman–Crippen MR) is 141 cm³/mol. The van der Waals surface area contributed by atoms with Crippen LogP contribution >= 0.6 is 0 Å². The molecule has 0 spiro atoms. The molecule has 1 aromatic carbocycles. The highest BCUT2D eigenvalue weighted by molar-refractivity contribution is 5.96. The minimum Gasteiger partial charge on any atom is -0.497 e. The van der Waals surface area contributed by atoms with E-state index in [1.54, 1.807) is 51.1 Å². The van der Waals surface area contributed by atoms with Gasteiger partial charge in [0.1, 0.15) is 29.7 Å². The first-order chi connectivity index (χ1) is 18.1. The summed E-state index contributed by atoms with van der Waals surface area (Å²) in [4.78, 5) is 44.4. The Morgan fingerprint density at radius 1 is 1.08 bits per heavy atom. The first kappa shape index (κ1) is 29.1. The molecule has 38 heavy (non-hydrogen) atoms. The topological polar surface area (TPSA) is 133 Å². The van der Waals surface area contributed by atoms with E-state index in [0.717, 1.165) is 11.1 Å². The maximum atomic E-state index is 13.6. The van der Waals surface area contributed by atoms with Gasteiger partial charge in [-0.1, -0.05) is 18.2 Å². The van der Waals surface area contributed by atoms with Crippen molar-refractivity contribution in [3.05, 3.63) is 59.4 Å². The van der Waals surface area contributed by atoms with E-state index in [9.17, 15) is 14.4 Å². The van der Waals surface area contributed by atoms with Gasteiger partial charge in [0.05, 0.1) is 13.2 Å². The number of methoxy groups -OCH3 is 1. The molecule has 1 aliphatic rings. The number of piperidine rings is 1. The summed E-state index contributed by atoms with van der Waals surface area (Å²) >= 11 is 0. The second-order valence-corrected chi connectivity index (χ2v) is 10.3. The van der Waals surface area contributed by atoms with Crippen molar-refractivity contribution >= 4 is 17.8 Å². The number of hydrogen-bond donors (Lipinski definition) is 2. The minimum atomic E-state index is -0.786. The van der Waals surface area contributed by atoms with Crippen LogP contribution in [0, 0.1) is 0 Å². The summed E-state index contributed by atoms with van der Waals surface area (Å²) in [5.74, 6) is -0.320. The minimum absolute atomic E-state index is 0.123. The van der Waals surface area contributed by atoms with E-state index in [-0.39, 0.29) is 24.3 Å². The summed E-state index contributed by atoms with van der Waals surface area (Å²) in [6.07, 6.45) is 2.88. The summed E-state index contributed by atoms with van der Waals surface area (Å²) in [5, 5.41) is 2.87.